The van der Waals surface area contributed by atoms with Crippen LogP contribution in [-0.4, -0.2) is 22.4 Å². The second-order valence-corrected chi connectivity index (χ2v) is 10.6. The average Bonchev–Trinajstić information content (AvgIpc) is 3.60. The van der Waals surface area contributed by atoms with Gasteiger partial charge in [-0.05, 0) is 66.6 Å². The zero-order valence-electron chi connectivity index (χ0n) is 18.8. The third-order valence-electron chi connectivity index (χ3n) is 6.39. The Balaban J connectivity index is 1.44. The number of benzene rings is 2. The predicted octanol–water partition coefficient (Wildman–Crippen LogP) is 7.55. The summed E-state index contributed by atoms with van der Waals surface area (Å²) in [5.74, 6) is 1.96. The van der Waals surface area contributed by atoms with Gasteiger partial charge in [0, 0.05) is 22.4 Å². The fourth-order valence-electron chi connectivity index (χ4n) is 4.75. The minimum Gasteiger partial charge on any atom is -0.506 e. The Morgan fingerprint density at radius 3 is 2.68 bits per heavy atom. The van der Waals surface area contributed by atoms with Crippen LogP contribution in [0.3, 0.4) is 0 Å². The van der Waals surface area contributed by atoms with Crippen LogP contribution in [-0.2, 0) is 12.8 Å². The summed E-state index contributed by atoms with van der Waals surface area (Å²) < 4.78 is 6.67. The van der Waals surface area contributed by atoms with Crippen molar-refractivity contribution in [2.24, 2.45) is 4.99 Å². The number of aliphatic imine (C=N–C) groups is 1. The summed E-state index contributed by atoms with van der Waals surface area (Å²) in [7, 11) is 0. The maximum Gasteiger partial charge on any atom is 0.173 e. The van der Waals surface area contributed by atoms with E-state index in [-0.39, 0.29) is 6.04 Å². The van der Waals surface area contributed by atoms with E-state index in [0.29, 0.717) is 5.75 Å². The summed E-state index contributed by atoms with van der Waals surface area (Å²) in [6.07, 6.45) is 3.43. The van der Waals surface area contributed by atoms with Crippen molar-refractivity contribution in [3.05, 3.63) is 106 Å². The quantitative estimate of drug-likeness (QED) is 0.271. The molecule has 3 aromatic heterocycles. The Labute approximate surface area is 206 Å². The van der Waals surface area contributed by atoms with Gasteiger partial charge >= 0.3 is 0 Å². The maximum absolute atomic E-state index is 10.9. The van der Waals surface area contributed by atoms with Crippen molar-refractivity contribution in [3.8, 4) is 5.75 Å². The standard InChI is InChI=1S/C28H24N2O2S2/c1-18-25-22-16-20(15-19-7-3-2-4-8-19)17-23(31)26(22)34-28(25)29-27(24-10-5-13-32-24)30(18)12-11-21-9-6-14-33-21/h2-10,13-14,16-18,31H,11-12,15H2,1H3/t18-/m0/s1. The fraction of sp³-hybridized carbons (Fsp3) is 0.179. The number of phenolic OH excluding ortho intramolecular Hbond substituents is 1. The number of aromatic hydroxyl groups is 1. The molecule has 5 aromatic rings. The topological polar surface area (TPSA) is 49.0 Å². The first-order valence-electron chi connectivity index (χ1n) is 11.4. The van der Waals surface area contributed by atoms with Crippen molar-refractivity contribution in [3.63, 3.8) is 0 Å². The SMILES string of the molecule is C[C@H]1c2c(sc3c(O)cc(Cc4ccccc4)cc23)N=C(c2ccco2)N1CCc1cccs1. The Hall–Kier alpha value is -3.35. The van der Waals surface area contributed by atoms with Gasteiger partial charge in [-0.25, -0.2) is 4.99 Å². The number of furan rings is 1. The molecule has 1 aliphatic rings. The molecule has 0 aliphatic carbocycles. The lowest BCUT2D eigenvalue weighted by atomic mass is 9.98. The summed E-state index contributed by atoms with van der Waals surface area (Å²) >= 11 is 3.35. The Bertz CT molecular complexity index is 1450. The van der Waals surface area contributed by atoms with Crippen LogP contribution in [0.25, 0.3) is 10.1 Å². The van der Waals surface area contributed by atoms with Crippen LogP contribution < -0.4 is 0 Å². The smallest absolute Gasteiger partial charge is 0.173 e. The van der Waals surface area contributed by atoms with Crippen LogP contribution >= 0.6 is 22.7 Å². The molecule has 0 saturated carbocycles. The first-order chi connectivity index (χ1) is 16.7. The number of amidine groups is 1. The van der Waals surface area contributed by atoms with E-state index in [0.717, 1.165) is 51.6 Å². The van der Waals surface area contributed by atoms with Crippen molar-refractivity contribution in [1.82, 2.24) is 4.90 Å². The van der Waals surface area contributed by atoms with E-state index in [9.17, 15) is 5.11 Å². The number of thiophene rings is 2. The zero-order chi connectivity index (χ0) is 23.1. The second kappa shape index (κ2) is 8.78. The van der Waals surface area contributed by atoms with Gasteiger partial charge in [0.2, 0.25) is 0 Å². The molecule has 0 radical (unpaired) electrons. The first-order valence-corrected chi connectivity index (χ1v) is 13.1. The second-order valence-electron chi connectivity index (χ2n) is 8.59. The molecular formula is C28H24N2O2S2. The predicted molar refractivity (Wildman–Crippen MR) is 141 cm³/mol. The summed E-state index contributed by atoms with van der Waals surface area (Å²) in [5.41, 5.74) is 3.52. The number of hydrogen-bond donors (Lipinski definition) is 1. The van der Waals surface area contributed by atoms with Crippen molar-refractivity contribution < 1.29 is 9.52 Å². The normalized spacial score (nSPS) is 15.5. The number of phenols is 1. The number of fused-ring (bicyclic) bond motifs is 3. The van der Waals surface area contributed by atoms with E-state index in [1.54, 1.807) is 28.9 Å². The molecule has 1 atom stereocenters. The average molecular weight is 485 g/mol. The van der Waals surface area contributed by atoms with Gasteiger partial charge in [0.25, 0.3) is 0 Å². The molecule has 4 heterocycles. The van der Waals surface area contributed by atoms with Gasteiger partial charge in [0.1, 0.15) is 10.8 Å². The van der Waals surface area contributed by atoms with Crippen LogP contribution in [0.15, 0.2) is 87.8 Å². The highest BCUT2D eigenvalue weighted by atomic mass is 32.1. The highest BCUT2D eigenvalue weighted by Crippen LogP contribution is 2.49. The Morgan fingerprint density at radius 1 is 1.03 bits per heavy atom. The molecule has 2 aromatic carbocycles. The third-order valence-corrected chi connectivity index (χ3v) is 8.46. The molecule has 170 valence electrons. The highest BCUT2D eigenvalue weighted by molar-refractivity contribution is 7.23. The molecular weight excluding hydrogens is 460 g/mol. The van der Waals surface area contributed by atoms with Gasteiger partial charge in [-0.2, -0.15) is 0 Å². The minimum atomic E-state index is 0.104. The fourth-order valence-corrected chi connectivity index (χ4v) is 6.61. The maximum atomic E-state index is 10.9. The van der Waals surface area contributed by atoms with E-state index < -0.39 is 0 Å². The van der Waals surface area contributed by atoms with Crippen molar-refractivity contribution >= 4 is 43.6 Å². The molecule has 0 unspecified atom stereocenters. The first kappa shape index (κ1) is 21.2. The molecule has 0 fully saturated rings. The van der Waals surface area contributed by atoms with Crippen LogP contribution in [0.4, 0.5) is 5.00 Å². The molecule has 0 saturated heterocycles. The van der Waals surface area contributed by atoms with Crippen molar-refractivity contribution in [2.45, 2.75) is 25.8 Å². The summed E-state index contributed by atoms with van der Waals surface area (Å²) in [6.45, 7) is 3.08. The summed E-state index contributed by atoms with van der Waals surface area (Å²) in [4.78, 5) is 8.77. The van der Waals surface area contributed by atoms with E-state index in [1.807, 2.05) is 24.3 Å². The molecule has 6 heteroatoms. The lowest BCUT2D eigenvalue weighted by molar-refractivity contribution is 0.332. The number of rotatable bonds is 6. The van der Waals surface area contributed by atoms with Crippen LogP contribution in [0.5, 0.6) is 5.75 Å². The lowest BCUT2D eigenvalue weighted by Crippen LogP contribution is -2.37. The van der Waals surface area contributed by atoms with E-state index in [1.165, 1.54) is 16.0 Å². The summed E-state index contributed by atoms with van der Waals surface area (Å²) in [5, 5.41) is 15.1. The van der Waals surface area contributed by atoms with E-state index >= 15 is 0 Å². The van der Waals surface area contributed by atoms with Gasteiger partial charge in [-0.15, -0.1) is 22.7 Å². The number of nitrogens with zero attached hydrogens (tertiary/aromatic N) is 2. The molecule has 0 spiro atoms. The van der Waals surface area contributed by atoms with Gasteiger partial charge < -0.3 is 14.4 Å². The van der Waals surface area contributed by atoms with Crippen LogP contribution in [0, 0.1) is 0 Å². The monoisotopic (exact) mass is 484 g/mol. The minimum absolute atomic E-state index is 0.104. The zero-order valence-corrected chi connectivity index (χ0v) is 20.4. The molecule has 34 heavy (non-hydrogen) atoms. The van der Waals surface area contributed by atoms with E-state index in [4.69, 9.17) is 9.41 Å². The largest absolute Gasteiger partial charge is 0.506 e. The molecule has 1 aliphatic heterocycles. The van der Waals surface area contributed by atoms with Gasteiger partial charge in [0.05, 0.1) is 17.0 Å². The Kier molecular flexibility index (Phi) is 5.47. The lowest BCUT2D eigenvalue weighted by Gasteiger charge is -2.34. The van der Waals surface area contributed by atoms with Crippen molar-refractivity contribution in [1.29, 1.82) is 0 Å². The summed E-state index contributed by atoms with van der Waals surface area (Å²) in [6, 6.07) is 22.8. The molecule has 1 N–H and O–H groups in total. The Morgan fingerprint density at radius 2 is 1.91 bits per heavy atom. The van der Waals surface area contributed by atoms with Gasteiger partial charge in [-0.1, -0.05) is 36.4 Å². The molecule has 0 amide bonds. The third kappa shape index (κ3) is 3.83. The van der Waals surface area contributed by atoms with Crippen LogP contribution in [0.2, 0.25) is 0 Å². The number of hydrogen-bond acceptors (Lipinski definition) is 6. The molecule has 0 bridgehead atoms. The molecule has 4 nitrogen and oxygen atoms in total. The van der Waals surface area contributed by atoms with Crippen LogP contribution in [0.1, 0.15) is 40.3 Å². The van der Waals surface area contributed by atoms with Gasteiger partial charge in [0.15, 0.2) is 11.6 Å². The highest BCUT2D eigenvalue weighted by Gasteiger charge is 2.32. The van der Waals surface area contributed by atoms with Crippen molar-refractivity contribution in [2.75, 3.05) is 6.54 Å². The van der Waals surface area contributed by atoms with E-state index in [2.05, 4.69) is 59.7 Å². The van der Waals surface area contributed by atoms with Gasteiger partial charge in [-0.3, -0.25) is 0 Å². The molecule has 6 rings (SSSR count).